The lowest BCUT2D eigenvalue weighted by Crippen LogP contribution is -2.41. The minimum atomic E-state index is -0.652. The molecule has 4 rings (SSSR count). The number of fused-ring (bicyclic) bond motifs is 1. The van der Waals surface area contributed by atoms with E-state index in [9.17, 15) is 4.39 Å². The number of rotatable bonds is 2. The normalized spacial score (nSPS) is 25.2. The van der Waals surface area contributed by atoms with Crippen LogP contribution < -0.4 is 5.59 Å². The van der Waals surface area contributed by atoms with Gasteiger partial charge in [-0.15, -0.1) is 0 Å². The average Bonchev–Trinajstić information content (AvgIpc) is 3.03. The third-order valence-corrected chi connectivity index (χ3v) is 6.11. The number of aromatic nitrogens is 2. The van der Waals surface area contributed by atoms with E-state index in [1.807, 2.05) is 33.8 Å². The smallest absolute Gasteiger partial charge is 0.398 e. The summed E-state index contributed by atoms with van der Waals surface area (Å²) in [7, 11) is -0.652. The van der Waals surface area contributed by atoms with Crippen LogP contribution in [0.4, 0.5) is 4.39 Å². The summed E-state index contributed by atoms with van der Waals surface area (Å²) in [6.45, 7) is 8.63. The molecule has 3 heterocycles. The summed E-state index contributed by atoms with van der Waals surface area (Å²) < 4.78 is 35.3. The molecule has 8 heteroatoms. The first kappa shape index (κ1) is 18.4. The molecule has 5 nitrogen and oxygen atoms in total. The minimum Gasteiger partial charge on any atom is -0.398 e. The van der Waals surface area contributed by atoms with E-state index < -0.39 is 18.3 Å². The molecule has 0 bridgehead atoms. The van der Waals surface area contributed by atoms with Crippen LogP contribution in [0.5, 0.6) is 0 Å². The van der Waals surface area contributed by atoms with E-state index in [0.717, 1.165) is 19.3 Å². The van der Waals surface area contributed by atoms with Crippen LogP contribution in [0.3, 0.4) is 0 Å². The van der Waals surface area contributed by atoms with Crippen LogP contribution >= 0.6 is 15.9 Å². The summed E-state index contributed by atoms with van der Waals surface area (Å²) in [6, 6.07) is 3.32. The number of ether oxygens (including phenoxy) is 1. The van der Waals surface area contributed by atoms with Gasteiger partial charge >= 0.3 is 7.12 Å². The van der Waals surface area contributed by atoms with E-state index in [-0.39, 0.29) is 12.0 Å². The van der Waals surface area contributed by atoms with Crippen molar-refractivity contribution in [3.63, 3.8) is 0 Å². The lowest BCUT2D eigenvalue weighted by atomic mass is 9.82. The molecular weight excluding hydrogens is 402 g/mol. The van der Waals surface area contributed by atoms with Gasteiger partial charge in [0.15, 0.2) is 6.23 Å². The zero-order chi connectivity index (χ0) is 18.7. The Labute approximate surface area is 161 Å². The second kappa shape index (κ2) is 6.29. The zero-order valence-electron chi connectivity index (χ0n) is 15.5. The Morgan fingerprint density at radius 1 is 1.19 bits per heavy atom. The molecule has 1 atom stereocenters. The van der Waals surface area contributed by atoms with Crippen molar-refractivity contribution in [3.05, 3.63) is 22.4 Å². The topological polar surface area (TPSA) is 45.5 Å². The summed E-state index contributed by atoms with van der Waals surface area (Å²) in [4.78, 5) is 0. The molecule has 1 aromatic heterocycles. The van der Waals surface area contributed by atoms with Gasteiger partial charge in [-0.1, -0.05) is 15.9 Å². The highest BCUT2D eigenvalue weighted by atomic mass is 79.9. The molecule has 2 aliphatic rings. The summed E-state index contributed by atoms with van der Waals surface area (Å²) in [5.74, 6) is -0.334. The maximum atomic E-state index is 14.8. The van der Waals surface area contributed by atoms with Crippen molar-refractivity contribution >= 4 is 39.5 Å². The molecule has 0 aliphatic carbocycles. The van der Waals surface area contributed by atoms with Crippen molar-refractivity contribution in [3.8, 4) is 0 Å². The van der Waals surface area contributed by atoms with E-state index in [0.29, 0.717) is 27.6 Å². The second-order valence-electron chi connectivity index (χ2n) is 8.02. The van der Waals surface area contributed by atoms with Crippen LogP contribution in [0, 0.1) is 5.82 Å². The highest BCUT2D eigenvalue weighted by molar-refractivity contribution is 9.10. The molecule has 2 aromatic rings. The average molecular weight is 425 g/mol. The van der Waals surface area contributed by atoms with Gasteiger partial charge in [0.05, 0.1) is 11.2 Å². The standard InChI is InChI=1S/C18H23BBrFN2O3/c1-17(2)18(3,4)26-19(25-17)16-12-9-11(20)10-13(21)15(12)23(22-16)14-7-5-6-8-24-14/h9-10,14H,5-8H2,1-4H3. The number of halogens is 2. The lowest BCUT2D eigenvalue weighted by molar-refractivity contribution is -0.0367. The Morgan fingerprint density at radius 2 is 1.88 bits per heavy atom. The summed E-state index contributed by atoms with van der Waals surface area (Å²) in [6.07, 6.45) is 2.61. The molecule has 26 heavy (non-hydrogen) atoms. The van der Waals surface area contributed by atoms with Gasteiger partial charge in [-0.2, -0.15) is 5.10 Å². The van der Waals surface area contributed by atoms with Crippen LogP contribution in [-0.4, -0.2) is 34.7 Å². The molecule has 0 spiro atoms. The van der Waals surface area contributed by atoms with Gasteiger partial charge in [-0.05, 0) is 59.1 Å². The third-order valence-electron chi connectivity index (χ3n) is 5.65. The molecule has 0 N–H and O–H groups in total. The van der Waals surface area contributed by atoms with Gasteiger partial charge in [0.1, 0.15) is 16.9 Å². The summed E-state index contributed by atoms with van der Waals surface area (Å²) in [5, 5.41) is 5.39. The Balaban J connectivity index is 1.85. The molecule has 1 unspecified atom stereocenters. The zero-order valence-corrected chi connectivity index (χ0v) is 17.1. The van der Waals surface area contributed by atoms with Crippen LogP contribution in [0.2, 0.25) is 0 Å². The molecule has 0 amide bonds. The number of hydrogen-bond acceptors (Lipinski definition) is 4. The minimum absolute atomic E-state index is 0.266. The van der Waals surface area contributed by atoms with Crippen LogP contribution in [0.1, 0.15) is 53.2 Å². The fourth-order valence-electron chi connectivity index (χ4n) is 3.47. The van der Waals surface area contributed by atoms with Crippen LogP contribution in [-0.2, 0) is 14.0 Å². The largest absolute Gasteiger partial charge is 0.517 e. The molecule has 2 saturated heterocycles. The highest BCUT2D eigenvalue weighted by Gasteiger charge is 2.53. The van der Waals surface area contributed by atoms with Gasteiger partial charge < -0.3 is 14.0 Å². The van der Waals surface area contributed by atoms with Crippen molar-refractivity contribution < 1.29 is 18.4 Å². The SMILES string of the molecule is CC1(C)OB(c2nn(C3CCCCO3)c3c(F)cc(Br)cc23)OC1(C)C. The molecule has 140 valence electrons. The van der Waals surface area contributed by atoms with E-state index in [4.69, 9.17) is 19.1 Å². The predicted octanol–water partition coefficient (Wildman–Crippen LogP) is 3.94. The van der Waals surface area contributed by atoms with Crippen molar-refractivity contribution in [1.29, 1.82) is 0 Å². The lowest BCUT2D eigenvalue weighted by Gasteiger charge is -2.32. The van der Waals surface area contributed by atoms with Gasteiger partial charge in [-0.3, -0.25) is 0 Å². The van der Waals surface area contributed by atoms with Crippen molar-refractivity contribution in [2.75, 3.05) is 6.61 Å². The molecule has 2 aliphatic heterocycles. The first-order valence-corrected chi connectivity index (χ1v) is 9.83. The fourth-order valence-corrected chi connectivity index (χ4v) is 3.90. The Hall–Kier alpha value is -0.955. The molecule has 0 saturated carbocycles. The maximum Gasteiger partial charge on any atom is 0.517 e. The highest BCUT2D eigenvalue weighted by Crippen LogP contribution is 2.38. The number of hydrogen-bond donors (Lipinski definition) is 0. The number of nitrogens with zero attached hydrogens (tertiary/aromatic N) is 2. The van der Waals surface area contributed by atoms with E-state index in [2.05, 4.69) is 15.9 Å². The van der Waals surface area contributed by atoms with Crippen molar-refractivity contribution in [2.45, 2.75) is 64.4 Å². The monoisotopic (exact) mass is 424 g/mol. The van der Waals surface area contributed by atoms with Crippen LogP contribution in [0.15, 0.2) is 16.6 Å². The van der Waals surface area contributed by atoms with Crippen LogP contribution in [0.25, 0.3) is 10.9 Å². The van der Waals surface area contributed by atoms with Gasteiger partial charge in [0.2, 0.25) is 0 Å². The maximum absolute atomic E-state index is 14.8. The molecule has 0 radical (unpaired) electrons. The van der Waals surface area contributed by atoms with E-state index in [1.54, 1.807) is 4.68 Å². The Morgan fingerprint density at radius 3 is 2.50 bits per heavy atom. The van der Waals surface area contributed by atoms with Crippen molar-refractivity contribution in [2.24, 2.45) is 0 Å². The molecule has 1 aromatic carbocycles. The van der Waals surface area contributed by atoms with Crippen molar-refractivity contribution in [1.82, 2.24) is 9.78 Å². The second-order valence-corrected chi connectivity index (χ2v) is 8.94. The van der Waals surface area contributed by atoms with E-state index in [1.165, 1.54) is 6.07 Å². The van der Waals surface area contributed by atoms with Gasteiger partial charge in [0.25, 0.3) is 0 Å². The molecule has 2 fully saturated rings. The first-order chi connectivity index (χ1) is 12.2. The quantitative estimate of drug-likeness (QED) is 0.685. The summed E-state index contributed by atoms with van der Waals surface area (Å²) in [5.41, 5.74) is 0.0529. The number of benzene rings is 1. The molecular formula is C18H23BBrFN2O3. The summed E-state index contributed by atoms with van der Waals surface area (Å²) >= 11 is 3.39. The first-order valence-electron chi connectivity index (χ1n) is 9.04. The Kier molecular flexibility index (Phi) is 4.46. The van der Waals surface area contributed by atoms with Gasteiger partial charge in [-0.25, -0.2) is 9.07 Å². The predicted molar refractivity (Wildman–Crippen MR) is 102 cm³/mol. The fraction of sp³-hybridized carbons (Fsp3) is 0.611. The Bertz CT molecular complexity index is 833. The van der Waals surface area contributed by atoms with E-state index >= 15 is 0 Å². The van der Waals surface area contributed by atoms with Gasteiger partial charge in [0, 0.05) is 16.5 Å². The third kappa shape index (κ3) is 2.91.